The summed E-state index contributed by atoms with van der Waals surface area (Å²) in [6, 6.07) is 22.8. The van der Waals surface area contributed by atoms with Crippen molar-refractivity contribution in [2.24, 2.45) is 0 Å². The summed E-state index contributed by atoms with van der Waals surface area (Å²) in [4.78, 5) is 18.4. The molecule has 1 N–H and O–H groups in total. The maximum Gasteiger partial charge on any atom is 0.337 e. The summed E-state index contributed by atoms with van der Waals surface area (Å²) in [5.41, 5.74) is 3.93. The Balaban J connectivity index is 1.61. The molecule has 2 aromatic carbocycles. The molecule has 0 amide bonds. The molecule has 0 bridgehead atoms. The average molecular weight is 473 g/mol. The maximum atomic E-state index is 13.7. The average Bonchev–Trinajstić information content (AvgIpc) is 3.49. The zero-order valence-corrected chi connectivity index (χ0v) is 19.1. The van der Waals surface area contributed by atoms with Crippen molar-refractivity contribution in [1.82, 2.24) is 14.9 Å². The lowest BCUT2D eigenvalue weighted by atomic mass is 10.0. The van der Waals surface area contributed by atoms with Crippen LogP contribution in [0.4, 0.5) is 10.1 Å². The maximum absolute atomic E-state index is 13.7. The molecule has 8 heteroatoms. The van der Waals surface area contributed by atoms with Gasteiger partial charge in [-0.3, -0.25) is 4.98 Å². The fraction of sp³-hybridized carbons (Fsp3) is 0.115. The highest BCUT2D eigenvalue weighted by Crippen LogP contribution is 2.42. The third-order valence-corrected chi connectivity index (χ3v) is 6.17. The van der Waals surface area contributed by atoms with Gasteiger partial charge in [-0.15, -0.1) is 0 Å². The van der Waals surface area contributed by atoms with Crippen molar-refractivity contribution in [2.75, 3.05) is 12.0 Å². The fourth-order valence-corrected chi connectivity index (χ4v) is 4.63. The van der Waals surface area contributed by atoms with Gasteiger partial charge in [-0.2, -0.15) is 0 Å². The number of nitrogens with one attached hydrogen (secondary N) is 1. The summed E-state index contributed by atoms with van der Waals surface area (Å²) >= 11 is 5.74. The monoisotopic (exact) mass is 472 g/mol. The van der Waals surface area contributed by atoms with E-state index in [1.807, 2.05) is 58.1 Å². The molecule has 6 nitrogen and oxygen atoms in total. The van der Waals surface area contributed by atoms with Crippen molar-refractivity contribution in [1.29, 1.82) is 0 Å². The molecule has 1 fully saturated rings. The molecular weight excluding hydrogens is 451 g/mol. The minimum atomic E-state index is -0.387. The molecule has 2 aromatic heterocycles. The minimum absolute atomic E-state index is 0.234. The number of hydrogen-bond donors (Lipinski definition) is 1. The van der Waals surface area contributed by atoms with Gasteiger partial charge >= 0.3 is 5.97 Å². The van der Waals surface area contributed by atoms with Gasteiger partial charge in [-0.25, -0.2) is 9.18 Å². The van der Waals surface area contributed by atoms with Crippen LogP contribution < -0.4 is 10.2 Å². The third kappa shape index (κ3) is 3.92. The Morgan fingerprint density at radius 1 is 1.00 bits per heavy atom. The second kappa shape index (κ2) is 9.07. The fourth-order valence-electron chi connectivity index (χ4n) is 4.28. The lowest BCUT2D eigenvalue weighted by Gasteiger charge is -2.29. The first kappa shape index (κ1) is 21.8. The highest BCUT2D eigenvalue weighted by Gasteiger charge is 2.42. The molecule has 2 unspecified atom stereocenters. The lowest BCUT2D eigenvalue weighted by Crippen LogP contribution is -2.30. The molecule has 1 aliphatic rings. The SMILES string of the molecule is COC(=O)c1ccc(-n2cccc2C2C(c3ccccn3)NC(=S)N2c2ccc(F)cc2)cc1. The smallest absolute Gasteiger partial charge is 0.337 e. The van der Waals surface area contributed by atoms with E-state index in [9.17, 15) is 9.18 Å². The second-order valence-corrected chi connectivity index (χ2v) is 8.20. The zero-order valence-electron chi connectivity index (χ0n) is 18.3. The Morgan fingerprint density at radius 3 is 2.41 bits per heavy atom. The van der Waals surface area contributed by atoms with Crippen LogP contribution in [0.3, 0.4) is 0 Å². The molecule has 2 atom stereocenters. The number of aromatic nitrogens is 2. The largest absolute Gasteiger partial charge is 0.465 e. The van der Waals surface area contributed by atoms with Crippen molar-refractivity contribution in [2.45, 2.75) is 12.1 Å². The molecule has 1 saturated heterocycles. The number of pyridine rings is 1. The number of ether oxygens (including phenoxy) is 1. The van der Waals surface area contributed by atoms with E-state index < -0.39 is 0 Å². The Kier molecular flexibility index (Phi) is 5.81. The Labute approximate surface area is 201 Å². The Morgan fingerprint density at radius 2 is 1.74 bits per heavy atom. The number of benzene rings is 2. The van der Waals surface area contributed by atoms with Crippen molar-refractivity contribution < 1.29 is 13.9 Å². The number of thiocarbonyl (C=S) groups is 1. The van der Waals surface area contributed by atoms with Crippen LogP contribution in [-0.2, 0) is 4.74 Å². The van der Waals surface area contributed by atoms with E-state index in [0.717, 1.165) is 22.8 Å². The van der Waals surface area contributed by atoms with Gasteiger partial charge in [-0.1, -0.05) is 6.07 Å². The normalized spacial score (nSPS) is 17.5. The van der Waals surface area contributed by atoms with Gasteiger partial charge < -0.3 is 19.5 Å². The third-order valence-electron chi connectivity index (χ3n) is 5.85. The van der Waals surface area contributed by atoms with Crippen LogP contribution in [-0.4, -0.2) is 27.7 Å². The summed E-state index contributed by atoms with van der Waals surface area (Å²) in [5, 5.41) is 3.94. The number of esters is 1. The van der Waals surface area contributed by atoms with E-state index in [4.69, 9.17) is 17.0 Å². The number of hydrogen-bond acceptors (Lipinski definition) is 4. The molecule has 0 spiro atoms. The van der Waals surface area contributed by atoms with Crippen LogP contribution in [0.2, 0.25) is 0 Å². The summed E-state index contributed by atoms with van der Waals surface area (Å²) in [5.74, 6) is -0.698. The number of carbonyl (C=O) groups excluding carboxylic acids is 1. The number of nitrogens with zero attached hydrogens (tertiary/aromatic N) is 3. The molecule has 4 aromatic rings. The number of rotatable bonds is 5. The van der Waals surface area contributed by atoms with Crippen molar-refractivity contribution in [3.8, 4) is 5.69 Å². The van der Waals surface area contributed by atoms with E-state index in [0.29, 0.717) is 10.7 Å². The van der Waals surface area contributed by atoms with Gasteiger partial charge in [-0.05, 0) is 85.0 Å². The highest BCUT2D eigenvalue weighted by atomic mass is 32.1. The van der Waals surface area contributed by atoms with Gasteiger partial charge in [0.2, 0.25) is 0 Å². The van der Waals surface area contributed by atoms with E-state index in [2.05, 4.69) is 10.3 Å². The topological polar surface area (TPSA) is 59.4 Å². The quantitative estimate of drug-likeness (QED) is 0.327. The molecule has 0 radical (unpaired) electrons. The molecule has 1 aliphatic heterocycles. The standard InChI is InChI=1S/C26H21FN4O2S/c1-33-25(32)17-7-11-19(12-8-17)30-16-4-6-22(30)24-23(21-5-2-3-15-28-21)29-26(34)31(24)20-13-9-18(27)10-14-20/h2-16,23-24H,1H3,(H,29,34). The van der Waals surface area contributed by atoms with Gasteiger partial charge in [0.1, 0.15) is 11.9 Å². The van der Waals surface area contributed by atoms with Crippen molar-refractivity contribution in [3.05, 3.63) is 114 Å². The van der Waals surface area contributed by atoms with Crippen molar-refractivity contribution in [3.63, 3.8) is 0 Å². The summed E-state index contributed by atoms with van der Waals surface area (Å²) in [6.07, 6.45) is 3.71. The van der Waals surface area contributed by atoms with E-state index in [1.165, 1.54) is 19.2 Å². The van der Waals surface area contributed by atoms with E-state index in [1.54, 1.807) is 30.5 Å². The zero-order chi connectivity index (χ0) is 23.7. The molecule has 3 heterocycles. The van der Waals surface area contributed by atoms with Gasteiger partial charge in [0.25, 0.3) is 0 Å². The van der Waals surface area contributed by atoms with E-state index in [-0.39, 0.29) is 23.9 Å². The second-order valence-electron chi connectivity index (χ2n) is 7.81. The van der Waals surface area contributed by atoms with Gasteiger partial charge in [0.05, 0.1) is 24.4 Å². The first-order valence-electron chi connectivity index (χ1n) is 10.7. The number of halogens is 1. The first-order chi connectivity index (χ1) is 16.6. The van der Waals surface area contributed by atoms with Gasteiger partial charge in [0.15, 0.2) is 5.11 Å². The molecule has 34 heavy (non-hydrogen) atoms. The van der Waals surface area contributed by atoms with Crippen LogP contribution >= 0.6 is 12.2 Å². The predicted molar refractivity (Wildman–Crippen MR) is 131 cm³/mol. The highest BCUT2D eigenvalue weighted by molar-refractivity contribution is 7.80. The number of anilines is 1. The Hall–Kier alpha value is -4.04. The minimum Gasteiger partial charge on any atom is -0.465 e. The summed E-state index contributed by atoms with van der Waals surface area (Å²) < 4.78 is 20.5. The molecule has 0 aliphatic carbocycles. The van der Waals surface area contributed by atoms with Crippen LogP contribution in [0.25, 0.3) is 5.69 Å². The van der Waals surface area contributed by atoms with Crippen LogP contribution in [0.15, 0.2) is 91.3 Å². The number of carbonyl (C=O) groups is 1. The Bertz CT molecular complexity index is 1320. The summed E-state index contributed by atoms with van der Waals surface area (Å²) in [7, 11) is 1.36. The number of methoxy groups -OCH3 is 1. The van der Waals surface area contributed by atoms with Crippen molar-refractivity contribution >= 4 is 29.0 Å². The molecule has 5 rings (SSSR count). The van der Waals surface area contributed by atoms with Gasteiger partial charge in [0, 0.05) is 29.5 Å². The molecular formula is C26H21FN4O2S. The first-order valence-corrected chi connectivity index (χ1v) is 11.1. The van der Waals surface area contributed by atoms with Crippen LogP contribution in [0.5, 0.6) is 0 Å². The molecule has 0 saturated carbocycles. The molecule has 170 valence electrons. The van der Waals surface area contributed by atoms with Crippen LogP contribution in [0.1, 0.15) is 33.8 Å². The predicted octanol–water partition coefficient (Wildman–Crippen LogP) is 4.98. The lowest BCUT2D eigenvalue weighted by molar-refractivity contribution is 0.0600. The summed E-state index contributed by atoms with van der Waals surface area (Å²) in [6.45, 7) is 0. The van der Waals surface area contributed by atoms with E-state index >= 15 is 0 Å². The van der Waals surface area contributed by atoms with Crippen LogP contribution in [0, 0.1) is 5.82 Å².